The summed E-state index contributed by atoms with van der Waals surface area (Å²) in [6.07, 6.45) is 7.58. The number of allylic oxidation sites excluding steroid dienone is 2. The quantitative estimate of drug-likeness (QED) is 0.456. The molecule has 3 heteroatoms. The first-order valence-electron chi connectivity index (χ1n) is 5.30. The van der Waals surface area contributed by atoms with Gasteiger partial charge in [0.15, 0.2) is 0 Å². The Morgan fingerprint density at radius 1 is 1.00 bits per heavy atom. The molecule has 3 nitrogen and oxygen atoms in total. The molecular formula is C11H13NO2. The molecule has 0 radical (unpaired) electrons. The van der Waals surface area contributed by atoms with Crippen LogP contribution in [0.2, 0.25) is 0 Å². The van der Waals surface area contributed by atoms with E-state index in [2.05, 4.69) is 17.5 Å². The number of amides is 2. The molecule has 2 fully saturated rings. The van der Waals surface area contributed by atoms with E-state index < -0.39 is 0 Å². The lowest BCUT2D eigenvalue weighted by molar-refractivity contribution is -0.126. The number of carbonyl (C=O) groups excluding carboxylic acids is 2. The standard InChI is InChI=1S/C11H13NO2/c13-10-8-6-2-1-3-7(5-4-6)9(8)11(14)12-10/h4-9H,1-3H2,(H,12,13,14). The lowest BCUT2D eigenvalue weighted by Crippen LogP contribution is -2.31. The van der Waals surface area contributed by atoms with Gasteiger partial charge in [-0.25, -0.2) is 0 Å². The van der Waals surface area contributed by atoms with Crippen molar-refractivity contribution in [3.05, 3.63) is 12.2 Å². The molecule has 4 aliphatic rings. The normalized spacial score (nSPS) is 44.9. The third-order valence-electron chi connectivity index (χ3n) is 3.84. The second kappa shape index (κ2) is 2.69. The molecule has 1 N–H and O–H groups in total. The maximum Gasteiger partial charge on any atom is 0.231 e. The van der Waals surface area contributed by atoms with E-state index in [1.807, 2.05) is 0 Å². The van der Waals surface area contributed by atoms with E-state index in [1.165, 1.54) is 0 Å². The number of carbonyl (C=O) groups is 2. The first-order chi connectivity index (χ1) is 6.77. The van der Waals surface area contributed by atoms with E-state index in [9.17, 15) is 9.59 Å². The minimum atomic E-state index is -0.0556. The summed E-state index contributed by atoms with van der Waals surface area (Å²) < 4.78 is 0. The van der Waals surface area contributed by atoms with Gasteiger partial charge in [0.25, 0.3) is 0 Å². The zero-order valence-corrected chi connectivity index (χ0v) is 7.90. The molecule has 0 aromatic heterocycles. The first-order valence-corrected chi connectivity index (χ1v) is 5.30. The molecule has 4 rings (SSSR count). The largest absolute Gasteiger partial charge is 0.296 e. The molecule has 0 aromatic carbocycles. The number of imide groups is 1. The van der Waals surface area contributed by atoms with Crippen LogP contribution >= 0.6 is 0 Å². The van der Waals surface area contributed by atoms with Crippen LogP contribution in [0.15, 0.2) is 12.2 Å². The topological polar surface area (TPSA) is 46.2 Å². The first kappa shape index (κ1) is 8.21. The highest BCUT2D eigenvalue weighted by molar-refractivity contribution is 6.05. The minimum absolute atomic E-state index is 0.0405. The van der Waals surface area contributed by atoms with Crippen LogP contribution in [-0.2, 0) is 9.59 Å². The number of hydrogen-bond donors (Lipinski definition) is 1. The van der Waals surface area contributed by atoms with Gasteiger partial charge in [-0.05, 0) is 24.7 Å². The van der Waals surface area contributed by atoms with Crippen LogP contribution in [-0.4, -0.2) is 11.8 Å². The predicted molar refractivity (Wildman–Crippen MR) is 50.1 cm³/mol. The Labute approximate surface area is 82.6 Å². The van der Waals surface area contributed by atoms with Crippen LogP contribution in [0, 0.1) is 23.7 Å². The fourth-order valence-electron chi connectivity index (χ4n) is 3.20. The van der Waals surface area contributed by atoms with Crippen molar-refractivity contribution in [1.29, 1.82) is 0 Å². The molecule has 2 bridgehead atoms. The van der Waals surface area contributed by atoms with Crippen molar-refractivity contribution < 1.29 is 9.59 Å². The molecule has 1 saturated heterocycles. The van der Waals surface area contributed by atoms with Crippen LogP contribution in [0.4, 0.5) is 0 Å². The maximum absolute atomic E-state index is 11.6. The van der Waals surface area contributed by atoms with Crippen LogP contribution in [0.3, 0.4) is 0 Å². The van der Waals surface area contributed by atoms with E-state index in [-0.39, 0.29) is 23.7 Å². The fourth-order valence-corrected chi connectivity index (χ4v) is 3.20. The average molecular weight is 191 g/mol. The predicted octanol–water partition coefficient (Wildman–Crippen LogP) is 0.861. The van der Waals surface area contributed by atoms with Crippen LogP contribution < -0.4 is 5.32 Å². The van der Waals surface area contributed by atoms with Gasteiger partial charge in [0.2, 0.25) is 11.8 Å². The Morgan fingerprint density at radius 2 is 1.50 bits per heavy atom. The van der Waals surface area contributed by atoms with Gasteiger partial charge >= 0.3 is 0 Å². The van der Waals surface area contributed by atoms with Crippen LogP contribution in [0.25, 0.3) is 0 Å². The Balaban J connectivity index is 2.06. The highest BCUT2D eigenvalue weighted by Gasteiger charge is 2.51. The molecule has 2 amide bonds. The number of nitrogens with one attached hydrogen (secondary N) is 1. The van der Waals surface area contributed by atoms with Gasteiger partial charge in [-0.2, -0.15) is 0 Å². The van der Waals surface area contributed by atoms with Gasteiger partial charge < -0.3 is 0 Å². The third kappa shape index (κ3) is 0.925. The molecule has 0 spiro atoms. The van der Waals surface area contributed by atoms with Crippen LogP contribution in [0.5, 0.6) is 0 Å². The summed E-state index contributed by atoms with van der Waals surface area (Å²) in [5, 5.41) is 2.47. The molecule has 1 aliphatic heterocycles. The summed E-state index contributed by atoms with van der Waals surface area (Å²) >= 11 is 0. The summed E-state index contributed by atoms with van der Waals surface area (Å²) in [5.74, 6) is 0.429. The molecular weight excluding hydrogens is 178 g/mol. The Hall–Kier alpha value is -1.12. The highest BCUT2D eigenvalue weighted by atomic mass is 16.2. The Bertz CT molecular complexity index is 304. The van der Waals surface area contributed by atoms with Crippen molar-refractivity contribution in [2.45, 2.75) is 19.3 Å². The van der Waals surface area contributed by atoms with Crippen molar-refractivity contribution in [1.82, 2.24) is 5.32 Å². The minimum Gasteiger partial charge on any atom is -0.296 e. The van der Waals surface area contributed by atoms with Crippen molar-refractivity contribution in [3.8, 4) is 0 Å². The van der Waals surface area contributed by atoms with Crippen molar-refractivity contribution >= 4 is 11.8 Å². The lowest BCUT2D eigenvalue weighted by atomic mass is 9.73. The van der Waals surface area contributed by atoms with E-state index in [1.54, 1.807) is 0 Å². The van der Waals surface area contributed by atoms with E-state index >= 15 is 0 Å². The van der Waals surface area contributed by atoms with Gasteiger partial charge in [-0.15, -0.1) is 0 Å². The molecule has 14 heavy (non-hydrogen) atoms. The van der Waals surface area contributed by atoms with Crippen LogP contribution in [0.1, 0.15) is 19.3 Å². The maximum atomic E-state index is 11.6. The Morgan fingerprint density at radius 3 is 2.00 bits per heavy atom. The number of rotatable bonds is 0. The third-order valence-corrected chi connectivity index (χ3v) is 3.84. The van der Waals surface area contributed by atoms with E-state index in [0.29, 0.717) is 11.8 Å². The van der Waals surface area contributed by atoms with Gasteiger partial charge in [0.05, 0.1) is 11.8 Å². The molecule has 4 atom stereocenters. The SMILES string of the molecule is O=C1NC(=O)C2C3C=CC(CCC3)C12. The summed E-state index contributed by atoms with van der Waals surface area (Å²) in [5.41, 5.74) is 0. The van der Waals surface area contributed by atoms with Crippen molar-refractivity contribution in [3.63, 3.8) is 0 Å². The molecule has 3 aliphatic carbocycles. The second-order valence-corrected chi connectivity index (χ2v) is 4.55. The summed E-state index contributed by atoms with van der Waals surface area (Å²) in [4.78, 5) is 23.2. The van der Waals surface area contributed by atoms with Gasteiger partial charge in [-0.3, -0.25) is 14.9 Å². The van der Waals surface area contributed by atoms with E-state index in [0.717, 1.165) is 19.3 Å². The van der Waals surface area contributed by atoms with Crippen molar-refractivity contribution in [2.75, 3.05) is 0 Å². The van der Waals surface area contributed by atoms with Gasteiger partial charge in [0.1, 0.15) is 0 Å². The average Bonchev–Trinajstić information content (AvgIpc) is 2.42. The summed E-state index contributed by atoms with van der Waals surface area (Å²) in [6, 6.07) is 0. The van der Waals surface area contributed by atoms with Gasteiger partial charge in [0, 0.05) is 0 Å². The molecule has 74 valence electrons. The fraction of sp³-hybridized carbons (Fsp3) is 0.636. The number of hydrogen-bond acceptors (Lipinski definition) is 2. The molecule has 4 unspecified atom stereocenters. The summed E-state index contributed by atoms with van der Waals surface area (Å²) in [7, 11) is 0. The number of fused-ring (bicyclic) bond motifs is 2. The zero-order chi connectivity index (χ0) is 9.71. The van der Waals surface area contributed by atoms with E-state index in [4.69, 9.17) is 0 Å². The highest BCUT2D eigenvalue weighted by Crippen LogP contribution is 2.45. The molecule has 1 saturated carbocycles. The zero-order valence-electron chi connectivity index (χ0n) is 7.90. The molecule has 0 aromatic rings. The van der Waals surface area contributed by atoms with Crippen molar-refractivity contribution in [2.24, 2.45) is 23.7 Å². The second-order valence-electron chi connectivity index (χ2n) is 4.55. The monoisotopic (exact) mass is 191 g/mol. The molecule has 1 heterocycles. The summed E-state index contributed by atoms with van der Waals surface area (Å²) in [6.45, 7) is 0. The lowest BCUT2D eigenvalue weighted by Gasteiger charge is -2.27. The van der Waals surface area contributed by atoms with Gasteiger partial charge in [-0.1, -0.05) is 18.6 Å². The Kier molecular flexibility index (Phi) is 1.58. The smallest absolute Gasteiger partial charge is 0.231 e.